The lowest BCUT2D eigenvalue weighted by molar-refractivity contribution is 0.526. The van der Waals surface area contributed by atoms with E-state index >= 15 is 0 Å². The molecule has 1 rings (SSSR count). The van der Waals surface area contributed by atoms with Crippen molar-refractivity contribution in [3.63, 3.8) is 0 Å². The zero-order valence-corrected chi connectivity index (χ0v) is 14.7. The first kappa shape index (κ1) is 18.0. The molecule has 0 saturated heterocycles. The molecule has 120 valence electrons. The predicted octanol–water partition coefficient (Wildman–Crippen LogP) is 4.55. The van der Waals surface area contributed by atoms with Crippen molar-refractivity contribution >= 4 is 5.69 Å². The lowest BCUT2D eigenvalue weighted by Gasteiger charge is -2.20. The van der Waals surface area contributed by atoms with Crippen molar-refractivity contribution in [2.24, 2.45) is 5.92 Å². The van der Waals surface area contributed by atoms with Crippen LogP contribution in [-0.4, -0.2) is 26.7 Å². The molecule has 0 bridgehead atoms. The predicted molar refractivity (Wildman–Crippen MR) is 95.4 cm³/mol. The Hall–Kier alpha value is -1.02. The summed E-state index contributed by atoms with van der Waals surface area (Å²) < 4.78 is 0. The van der Waals surface area contributed by atoms with Crippen LogP contribution in [0, 0.1) is 19.8 Å². The molecule has 0 radical (unpaired) electrons. The molecular formula is C19H34N2. The van der Waals surface area contributed by atoms with Gasteiger partial charge in [0.1, 0.15) is 0 Å². The number of nitrogens with zero attached hydrogens (tertiary/aromatic N) is 1. The van der Waals surface area contributed by atoms with Crippen LogP contribution in [0.3, 0.4) is 0 Å². The highest BCUT2D eigenvalue weighted by Crippen LogP contribution is 2.18. The molecule has 0 amide bonds. The topological polar surface area (TPSA) is 15.3 Å². The van der Waals surface area contributed by atoms with E-state index in [1.807, 2.05) is 0 Å². The maximum Gasteiger partial charge on any atom is 0.0368 e. The van der Waals surface area contributed by atoms with Crippen molar-refractivity contribution < 1.29 is 0 Å². The quantitative estimate of drug-likeness (QED) is 0.636. The van der Waals surface area contributed by atoms with Crippen molar-refractivity contribution in [3.05, 3.63) is 29.3 Å². The van der Waals surface area contributed by atoms with Crippen LogP contribution in [0.25, 0.3) is 0 Å². The second-order valence-electron chi connectivity index (χ2n) is 6.78. The van der Waals surface area contributed by atoms with Crippen molar-refractivity contribution in [2.75, 3.05) is 31.6 Å². The number of unbranched alkanes of at least 4 members (excludes halogenated alkanes) is 3. The van der Waals surface area contributed by atoms with Crippen molar-refractivity contribution in [1.29, 1.82) is 0 Å². The Balaban J connectivity index is 2.12. The van der Waals surface area contributed by atoms with Crippen LogP contribution in [0.1, 0.15) is 50.7 Å². The number of hydrogen-bond donors (Lipinski definition) is 1. The monoisotopic (exact) mass is 290 g/mol. The zero-order chi connectivity index (χ0) is 15.7. The van der Waals surface area contributed by atoms with Gasteiger partial charge in [-0.05, 0) is 69.0 Å². The standard InChI is InChI=1S/C19H34N2/c1-16(2)15-20-10-8-6-7-9-11-21(5)19-13-17(3)12-18(4)14-19/h12-14,16,20H,6-11,15H2,1-5H3. The number of benzene rings is 1. The van der Waals surface area contributed by atoms with E-state index in [-0.39, 0.29) is 0 Å². The first-order valence-corrected chi connectivity index (χ1v) is 8.49. The Morgan fingerprint density at radius 1 is 0.952 bits per heavy atom. The van der Waals surface area contributed by atoms with Crippen LogP contribution in [-0.2, 0) is 0 Å². The maximum atomic E-state index is 3.51. The summed E-state index contributed by atoms with van der Waals surface area (Å²) in [5.74, 6) is 0.761. The summed E-state index contributed by atoms with van der Waals surface area (Å²) in [4.78, 5) is 2.39. The second kappa shape index (κ2) is 9.83. The number of hydrogen-bond acceptors (Lipinski definition) is 2. The smallest absolute Gasteiger partial charge is 0.0368 e. The van der Waals surface area contributed by atoms with Crippen LogP contribution in [0.2, 0.25) is 0 Å². The second-order valence-corrected chi connectivity index (χ2v) is 6.78. The van der Waals surface area contributed by atoms with Gasteiger partial charge in [0.2, 0.25) is 0 Å². The minimum Gasteiger partial charge on any atom is -0.375 e. The molecule has 0 unspecified atom stereocenters. The van der Waals surface area contributed by atoms with Gasteiger partial charge in [-0.2, -0.15) is 0 Å². The van der Waals surface area contributed by atoms with Gasteiger partial charge < -0.3 is 10.2 Å². The molecule has 0 aliphatic heterocycles. The fraction of sp³-hybridized carbons (Fsp3) is 0.684. The number of anilines is 1. The molecule has 0 aliphatic rings. The summed E-state index contributed by atoms with van der Waals surface area (Å²) in [6, 6.07) is 6.80. The SMILES string of the molecule is Cc1cc(C)cc(N(C)CCCCCCNCC(C)C)c1. The molecule has 1 aromatic rings. The van der Waals surface area contributed by atoms with Crippen molar-refractivity contribution in [2.45, 2.75) is 53.4 Å². The summed E-state index contributed by atoms with van der Waals surface area (Å²) in [6.07, 6.45) is 5.26. The molecule has 1 N–H and O–H groups in total. The Kier molecular flexibility index (Phi) is 8.44. The summed E-state index contributed by atoms with van der Waals surface area (Å²) in [5.41, 5.74) is 4.06. The molecule has 0 atom stereocenters. The minimum atomic E-state index is 0.761. The Bertz CT molecular complexity index is 378. The summed E-state index contributed by atoms with van der Waals surface area (Å²) in [6.45, 7) is 12.3. The summed E-state index contributed by atoms with van der Waals surface area (Å²) in [7, 11) is 2.21. The molecular weight excluding hydrogens is 256 g/mol. The lowest BCUT2D eigenvalue weighted by Crippen LogP contribution is -2.21. The van der Waals surface area contributed by atoms with Gasteiger partial charge in [-0.15, -0.1) is 0 Å². The van der Waals surface area contributed by atoms with E-state index in [0.29, 0.717) is 0 Å². The highest BCUT2D eigenvalue weighted by Gasteiger charge is 2.02. The molecule has 0 aliphatic carbocycles. The van der Waals surface area contributed by atoms with E-state index in [1.165, 1.54) is 49.0 Å². The first-order valence-electron chi connectivity index (χ1n) is 8.49. The highest BCUT2D eigenvalue weighted by atomic mass is 15.1. The van der Waals surface area contributed by atoms with Gasteiger partial charge in [0.15, 0.2) is 0 Å². The Morgan fingerprint density at radius 2 is 1.57 bits per heavy atom. The van der Waals surface area contributed by atoms with Crippen LogP contribution in [0.15, 0.2) is 18.2 Å². The molecule has 0 saturated carbocycles. The lowest BCUT2D eigenvalue weighted by atomic mass is 10.1. The molecule has 0 aromatic heterocycles. The third-order valence-corrected chi connectivity index (χ3v) is 3.80. The summed E-state index contributed by atoms with van der Waals surface area (Å²) >= 11 is 0. The average molecular weight is 290 g/mol. The van der Waals surface area contributed by atoms with Gasteiger partial charge in [0.05, 0.1) is 0 Å². The fourth-order valence-electron chi connectivity index (χ4n) is 2.64. The molecule has 21 heavy (non-hydrogen) atoms. The molecule has 0 heterocycles. The van der Waals surface area contributed by atoms with Crippen LogP contribution in [0.4, 0.5) is 5.69 Å². The van der Waals surface area contributed by atoms with Crippen LogP contribution < -0.4 is 10.2 Å². The van der Waals surface area contributed by atoms with Gasteiger partial charge in [0, 0.05) is 19.3 Å². The average Bonchev–Trinajstić information content (AvgIpc) is 2.40. The van der Waals surface area contributed by atoms with Gasteiger partial charge in [0.25, 0.3) is 0 Å². The third-order valence-electron chi connectivity index (χ3n) is 3.80. The van der Waals surface area contributed by atoms with E-state index < -0.39 is 0 Å². The third kappa shape index (κ3) is 8.11. The minimum absolute atomic E-state index is 0.761. The van der Waals surface area contributed by atoms with Gasteiger partial charge in [-0.25, -0.2) is 0 Å². The van der Waals surface area contributed by atoms with E-state index in [0.717, 1.165) is 19.0 Å². The number of aryl methyl sites for hydroxylation is 2. The fourth-order valence-corrected chi connectivity index (χ4v) is 2.64. The van der Waals surface area contributed by atoms with Crippen molar-refractivity contribution in [1.82, 2.24) is 5.32 Å². The summed E-state index contributed by atoms with van der Waals surface area (Å²) in [5, 5.41) is 3.51. The largest absolute Gasteiger partial charge is 0.375 e. The molecule has 2 heteroatoms. The van der Waals surface area contributed by atoms with E-state index in [4.69, 9.17) is 0 Å². The molecule has 0 fully saturated rings. The van der Waals surface area contributed by atoms with Crippen LogP contribution >= 0.6 is 0 Å². The normalized spacial score (nSPS) is 11.1. The van der Waals surface area contributed by atoms with E-state index in [9.17, 15) is 0 Å². The molecule has 0 spiro atoms. The number of rotatable bonds is 10. The number of nitrogens with one attached hydrogen (secondary N) is 1. The molecule has 2 nitrogen and oxygen atoms in total. The molecule has 1 aromatic carbocycles. The van der Waals surface area contributed by atoms with E-state index in [2.05, 4.69) is 63.2 Å². The van der Waals surface area contributed by atoms with Gasteiger partial charge in [-0.1, -0.05) is 32.8 Å². The Labute approximate surface area is 131 Å². The van der Waals surface area contributed by atoms with Crippen molar-refractivity contribution in [3.8, 4) is 0 Å². The highest BCUT2D eigenvalue weighted by molar-refractivity contribution is 5.50. The van der Waals surface area contributed by atoms with Gasteiger partial charge in [-0.3, -0.25) is 0 Å². The zero-order valence-electron chi connectivity index (χ0n) is 14.7. The van der Waals surface area contributed by atoms with Gasteiger partial charge >= 0.3 is 0 Å². The Morgan fingerprint density at radius 3 is 2.19 bits per heavy atom. The van der Waals surface area contributed by atoms with Crippen LogP contribution in [0.5, 0.6) is 0 Å². The first-order chi connectivity index (χ1) is 9.99. The van der Waals surface area contributed by atoms with E-state index in [1.54, 1.807) is 0 Å². The maximum absolute atomic E-state index is 3.51.